The minimum Gasteiger partial charge on any atom is -0.446 e. The van der Waals surface area contributed by atoms with Crippen LogP contribution in [0.4, 0.5) is 0 Å². The molecule has 0 spiro atoms. The Labute approximate surface area is 116 Å². The molecule has 4 rings (SSSR count). The van der Waals surface area contributed by atoms with E-state index in [-0.39, 0.29) is 0 Å². The molecule has 1 aliphatic rings. The molecule has 19 heavy (non-hydrogen) atoms. The lowest BCUT2D eigenvalue weighted by atomic mass is 10.3. The number of hydrogen-bond acceptors (Lipinski definition) is 5. The molecule has 1 aliphatic carbocycles. The monoisotopic (exact) mass is 320 g/mol. The number of hydrogen-bond donors (Lipinski definition) is 0. The Morgan fingerprint density at radius 1 is 1.32 bits per heavy atom. The quantitative estimate of drug-likeness (QED) is 0.740. The van der Waals surface area contributed by atoms with Gasteiger partial charge in [0.15, 0.2) is 10.4 Å². The van der Waals surface area contributed by atoms with Crippen molar-refractivity contribution in [2.75, 3.05) is 0 Å². The lowest BCUT2D eigenvalue weighted by Gasteiger charge is -1.92. The van der Waals surface area contributed by atoms with Gasteiger partial charge in [0.1, 0.15) is 0 Å². The second-order valence-corrected chi connectivity index (χ2v) is 5.25. The van der Waals surface area contributed by atoms with Crippen LogP contribution in [0, 0.1) is 0 Å². The molecular formula is C12H9BrN4O2. The van der Waals surface area contributed by atoms with E-state index in [1.54, 1.807) is 18.3 Å². The first kappa shape index (κ1) is 11.0. The standard InChI is InChI=1S/C12H9BrN4O2/c13-10-4-3-9(18-10)11-15-12(19-16-11)7-5-14-17(6-7)8-1-2-8/h3-6,8H,1-2H2. The predicted octanol–water partition coefficient (Wildman–Crippen LogP) is 3.29. The predicted molar refractivity (Wildman–Crippen MR) is 69.2 cm³/mol. The van der Waals surface area contributed by atoms with Crippen LogP contribution in [0.1, 0.15) is 18.9 Å². The van der Waals surface area contributed by atoms with Gasteiger partial charge in [-0.1, -0.05) is 5.16 Å². The molecule has 0 N–H and O–H groups in total. The van der Waals surface area contributed by atoms with Gasteiger partial charge < -0.3 is 8.94 Å². The van der Waals surface area contributed by atoms with Crippen LogP contribution in [0.15, 0.2) is 38.1 Å². The summed E-state index contributed by atoms with van der Waals surface area (Å²) in [5, 5.41) is 8.21. The highest BCUT2D eigenvalue weighted by Crippen LogP contribution is 2.35. The summed E-state index contributed by atoms with van der Waals surface area (Å²) in [5.74, 6) is 1.45. The minimum absolute atomic E-state index is 0.430. The van der Waals surface area contributed by atoms with Gasteiger partial charge in [-0.2, -0.15) is 10.1 Å². The van der Waals surface area contributed by atoms with Crippen LogP contribution in [0.3, 0.4) is 0 Å². The number of furan rings is 1. The van der Waals surface area contributed by atoms with Crippen LogP contribution in [0.5, 0.6) is 0 Å². The fourth-order valence-corrected chi connectivity index (χ4v) is 2.17. The van der Waals surface area contributed by atoms with Crippen molar-refractivity contribution in [3.63, 3.8) is 0 Å². The minimum atomic E-state index is 0.430. The number of halogens is 1. The van der Waals surface area contributed by atoms with E-state index in [1.165, 1.54) is 12.8 Å². The third-order valence-corrected chi connectivity index (χ3v) is 3.42. The first-order chi connectivity index (χ1) is 9.29. The zero-order valence-electron chi connectivity index (χ0n) is 9.78. The van der Waals surface area contributed by atoms with Crippen molar-refractivity contribution in [1.82, 2.24) is 19.9 Å². The Balaban J connectivity index is 1.66. The van der Waals surface area contributed by atoms with Crippen molar-refractivity contribution >= 4 is 15.9 Å². The molecule has 7 heteroatoms. The Morgan fingerprint density at radius 2 is 2.21 bits per heavy atom. The normalized spacial score (nSPS) is 15.0. The molecule has 0 radical (unpaired) electrons. The van der Waals surface area contributed by atoms with E-state index in [0.717, 1.165) is 5.56 Å². The number of aromatic nitrogens is 4. The van der Waals surface area contributed by atoms with E-state index in [0.29, 0.717) is 28.2 Å². The average Bonchev–Trinajstić information content (AvgIpc) is 2.86. The van der Waals surface area contributed by atoms with Gasteiger partial charge in [-0.3, -0.25) is 4.68 Å². The Hall–Kier alpha value is -1.89. The second-order valence-electron chi connectivity index (χ2n) is 4.47. The SMILES string of the molecule is Brc1ccc(-c2noc(-c3cnn(C4CC4)c3)n2)o1. The number of rotatable bonds is 3. The maximum Gasteiger partial charge on any atom is 0.261 e. The Bertz CT molecular complexity index is 726. The molecule has 0 atom stereocenters. The van der Waals surface area contributed by atoms with E-state index in [9.17, 15) is 0 Å². The summed E-state index contributed by atoms with van der Waals surface area (Å²) in [7, 11) is 0. The second kappa shape index (κ2) is 4.06. The maximum atomic E-state index is 5.38. The highest BCUT2D eigenvalue weighted by molar-refractivity contribution is 9.10. The molecule has 6 nitrogen and oxygen atoms in total. The fraction of sp³-hybridized carbons (Fsp3) is 0.250. The van der Waals surface area contributed by atoms with Crippen LogP contribution < -0.4 is 0 Å². The van der Waals surface area contributed by atoms with Crippen molar-refractivity contribution < 1.29 is 8.94 Å². The summed E-state index contributed by atoms with van der Waals surface area (Å²) in [5.41, 5.74) is 0.830. The summed E-state index contributed by atoms with van der Waals surface area (Å²) in [6.45, 7) is 0. The molecule has 0 saturated heterocycles. The molecule has 0 amide bonds. The molecule has 1 saturated carbocycles. The maximum absolute atomic E-state index is 5.38. The van der Waals surface area contributed by atoms with Crippen LogP contribution >= 0.6 is 15.9 Å². The van der Waals surface area contributed by atoms with Gasteiger partial charge in [0.05, 0.1) is 17.8 Å². The van der Waals surface area contributed by atoms with E-state index in [1.807, 2.05) is 10.9 Å². The van der Waals surface area contributed by atoms with Crippen LogP contribution in [-0.4, -0.2) is 19.9 Å². The highest BCUT2D eigenvalue weighted by atomic mass is 79.9. The summed E-state index contributed by atoms with van der Waals surface area (Å²) in [6, 6.07) is 4.11. The van der Waals surface area contributed by atoms with Gasteiger partial charge in [0, 0.05) is 6.20 Å². The van der Waals surface area contributed by atoms with Crippen LogP contribution in [-0.2, 0) is 0 Å². The van der Waals surface area contributed by atoms with Gasteiger partial charge >= 0.3 is 0 Å². The van der Waals surface area contributed by atoms with Gasteiger partial charge in [0.25, 0.3) is 5.89 Å². The molecule has 96 valence electrons. The third-order valence-electron chi connectivity index (χ3n) is 2.99. The molecule has 0 aliphatic heterocycles. The zero-order valence-corrected chi connectivity index (χ0v) is 11.4. The summed E-state index contributed by atoms with van der Waals surface area (Å²) >= 11 is 3.24. The first-order valence-corrected chi connectivity index (χ1v) is 6.73. The lowest BCUT2D eigenvalue weighted by molar-refractivity contribution is 0.429. The fourth-order valence-electron chi connectivity index (χ4n) is 1.86. The molecule has 0 aromatic carbocycles. The summed E-state index contributed by atoms with van der Waals surface area (Å²) in [4.78, 5) is 4.31. The average molecular weight is 321 g/mol. The molecular weight excluding hydrogens is 312 g/mol. The smallest absolute Gasteiger partial charge is 0.261 e. The third kappa shape index (κ3) is 1.99. The number of nitrogens with zero attached hydrogens (tertiary/aromatic N) is 4. The summed E-state index contributed by atoms with van der Waals surface area (Å²) in [6.07, 6.45) is 6.06. The molecule has 1 fully saturated rings. The lowest BCUT2D eigenvalue weighted by Crippen LogP contribution is -1.91. The van der Waals surface area contributed by atoms with E-state index < -0.39 is 0 Å². The van der Waals surface area contributed by atoms with Gasteiger partial charge in [-0.25, -0.2) is 0 Å². The van der Waals surface area contributed by atoms with Crippen molar-refractivity contribution in [2.24, 2.45) is 0 Å². The summed E-state index contributed by atoms with van der Waals surface area (Å²) < 4.78 is 13.2. The Kier molecular flexibility index (Phi) is 2.34. The van der Waals surface area contributed by atoms with Gasteiger partial charge in [-0.15, -0.1) is 0 Å². The van der Waals surface area contributed by atoms with E-state index >= 15 is 0 Å². The molecule has 3 aromatic heterocycles. The molecule has 0 bridgehead atoms. The van der Waals surface area contributed by atoms with Gasteiger partial charge in [0.2, 0.25) is 5.82 Å². The topological polar surface area (TPSA) is 69.9 Å². The zero-order chi connectivity index (χ0) is 12.8. The van der Waals surface area contributed by atoms with E-state index in [4.69, 9.17) is 8.94 Å². The molecule has 3 heterocycles. The van der Waals surface area contributed by atoms with Crippen molar-refractivity contribution in [3.8, 4) is 23.0 Å². The largest absolute Gasteiger partial charge is 0.446 e. The van der Waals surface area contributed by atoms with Crippen molar-refractivity contribution in [2.45, 2.75) is 18.9 Å². The van der Waals surface area contributed by atoms with E-state index in [2.05, 4.69) is 31.2 Å². The Morgan fingerprint density at radius 3 is 2.95 bits per heavy atom. The first-order valence-electron chi connectivity index (χ1n) is 5.93. The van der Waals surface area contributed by atoms with Crippen LogP contribution in [0.25, 0.3) is 23.0 Å². The van der Waals surface area contributed by atoms with Crippen molar-refractivity contribution in [1.29, 1.82) is 0 Å². The van der Waals surface area contributed by atoms with Gasteiger partial charge in [-0.05, 0) is 40.9 Å². The van der Waals surface area contributed by atoms with Crippen molar-refractivity contribution in [3.05, 3.63) is 29.2 Å². The van der Waals surface area contributed by atoms with Crippen LogP contribution in [0.2, 0.25) is 0 Å². The molecule has 0 unspecified atom stereocenters. The molecule has 3 aromatic rings. The highest BCUT2D eigenvalue weighted by Gasteiger charge is 2.25.